The van der Waals surface area contributed by atoms with Crippen LogP contribution in [0.25, 0.3) is 6.08 Å². The molecular weight excluding hydrogens is 360 g/mol. The van der Waals surface area contributed by atoms with E-state index in [0.29, 0.717) is 29.3 Å². The molecule has 0 saturated heterocycles. The number of pyridine rings is 1. The Bertz CT molecular complexity index is 1010. The molecule has 0 aliphatic heterocycles. The van der Waals surface area contributed by atoms with Gasteiger partial charge < -0.3 is 16.8 Å². The van der Waals surface area contributed by atoms with Gasteiger partial charge in [0.25, 0.3) is 0 Å². The first-order valence-corrected chi connectivity index (χ1v) is 8.52. The van der Waals surface area contributed by atoms with Gasteiger partial charge in [-0.05, 0) is 54.2 Å². The van der Waals surface area contributed by atoms with E-state index in [9.17, 15) is 8.78 Å². The zero-order chi connectivity index (χ0) is 19.9. The number of nitrogens with zero attached hydrogens (tertiary/aromatic N) is 2. The smallest absolute Gasteiger partial charge is 0.148 e. The molecule has 3 rings (SSSR count). The lowest BCUT2D eigenvalue weighted by Gasteiger charge is -2.10. The third-order valence-electron chi connectivity index (χ3n) is 3.89. The number of anilines is 2. The number of nitrogens with two attached hydrogens (primary N) is 2. The largest absolute Gasteiger partial charge is 0.405 e. The Morgan fingerprint density at radius 1 is 1.07 bits per heavy atom. The highest BCUT2D eigenvalue weighted by Gasteiger charge is 2.07. The van der Waals surface area contributed by atoms with Crippen molar-refractivity contribution >= 4 is 29.0 Å². The molecule has 0 spiro atoms. The first kappa shape index (κ1) is 19.0. The fourth-order valence-corrected chi connectivity index (χ4v) is 2.58. The lowest BCUT2D eigenvalue weighted by molar-refractivity contribution is 0.627. The molecule has 0 atom stereocenters. The van der Waals surface area contributed by atoms with Gasteiger partial charge in [0.05, 0.1) is 22.8 Å². The van der Waals surface area contributed by atoms with E-state index in [2.05, 4.69) is 15.3 Å². The van der Waals surface area contributed by atoms with E-state index in [-0.39, 0.29) is 11.5 Å². The zero-order valence-corrected chi connectivity index (χ0v) is 14.9. The topological polar surface area (TPSA) is 89.3 Å². The number of hydrogen-bond acceptors (Lipinski definition) is 4. The van der Waals surface area contributed by atoms with Crippen LogP contribution in [0.2, 0.25) is 0 Å². The molecule has 0 saturated carbocycles. The van der Waals surface area contributed by atoms with Crippen molar-refractivity contribution in [1.82, 2.24) is 4.98 Å². The van der Waals surface area contributed by atoms with E-state index < -0.39 is 5.82 Å². The zero-order valence-electron chi connectivity index (χ0n) is 14.9. The Morgan fingerprint density at radius 2 is 1.86 bits per heavy atom. The Labute approximate surface area is 161 Å². The maximum absolute atomic E-state index is 14.5. The van der Waals surface area contributed by atoms with Crippen LogP contribution in [0.15, 0.2) is 72.0 Å². The first-order valence-electron chi connectivity index (χ1n) is 8.52. The fourth-order valence-electron chi connectivity index (χ4n) is 2.58. The van der Waals surface area contributed by atoms with Crippen LogP contribution in [0.1, 0.15) is 11.3 Å². The highest BCUT2D eigenvalue weighted by molar-refractivity contribution is 5.85. The third kappa shape index (κ3) is 4.91. The van der Waals surface area contributed by atoms with Crippen LogP contribution < -0.4 is 16.8 Å². The van der Waals surface area contributed by atoms with E-state index in [1.54, 1.807) is 48.7 Å². The summed E-state index contributed by atoms with van der Waals surface area (Å²) < 4.78 is 27.5. The normalized spacial score (nSPS) is 11.7. The van der Waals surface area contributed by atoms with Crippen LogP contribution in [0.5, 0.6) is 0 Å². The van der Waals surface area contributed by atoms with Crippen molar-refractivity contribution in [2.24, 2.45) is 16.5 Å². The van der Waals surface area contributed by atoms with Crippen LogP contribution in [-0.2, 0) is 6.42 Å². The van der Waals surface area contributed by atoms with Gasteiger partial charge >= 0.3 is 0 Å². The minimum atomic E-state index is -0.484. The fraction of sp³-hybridized carbons (Fsp3) is 0.0476. The van der Waals surface area contributed by atoms with E-state index in [4.69, 9.17) is 11.5 Å². The summed E-state index contributed by atoms with van der Waals surface area (Å²) in [5.74, 6) is -0.500. The molecular formula is C21H19F2N5. The van der Waals surface area contributed by atoms with E-state index >= 15 is 0 Å². The summed E-state index contributed by atoms with van der Waals surface area (Å²) in [4.78, 5) is 8.41. The minimum absolute atomic E-state index is 0.274. The molecule has 0 fully saturated rings. The van der Waals surface area contributed by atoms with Crippen LogP contribution in [0, 0.1) is 11.6 Å². The predicted octanol–water partition coefficient (Wildman–Crippen LogP) is 4.26. The van der Waals surface area contributed by atoms with Gasteiger partial charge in [-0.2, -0.15) is 0 Å². The van der Waals surface area contributed by atoms with Gasteiger partial charge in [0.2, 0.25) is 0 Å². The lowest BCUT2D eigenvalue weighted by Crippen LogP contribution is -2.14. The van der Waals surface area contributed by atoms with Gasteiger partial charge in [-0.3, -0.25) is 4.98 Å². The molecule has 0 bridgehead atoms. The molecule has 142 valence electrons. The number of nitrogens with one attached hydrogen (secondary N) is 1. The summed E-state index contributed by atoms with van der Waals surface area (Å²) in [5, 5.41) is 2.99. The maximum atomic E-state index is 14.5. The molecule has 0 amide bonds. The summed E-state index contributed by atoms with van der Waals surface area (Å²) in [6, 6.07) is 14.0. The third-order valence-corrected chi connectivity index (χ3v) is 3.89. The number of halogens is 2. The lowest BCUT2D eigenvalue weighted by atomic mass is 10.1. The van der Waals surface area contributed by atoms with Crippen molar-refractivity contribution in [3.05, 3.63) is 89.9 Å². The summed E-state index contributed by atoms with van der Waals surface area (Å²) in [6.45, 7) is 0. The second-order valence-corrected chi connectivity index (χ2v) is 5.99. The van der Waals surface area contributed by atoms with Gasteiger partial charge in [0, 0.05) is 18.7 Å². The van der Waals surface area contributed by atoms with Crippen molar-refractivity contribution in [2.45, 2.75) is 6.42 Å². The SMILES string of the molecule is NC=Cc1ncccc1Nc1ccc(N=C(N)Cc2ccc(F)cc2)cc1F. The molecule has 0 radical (unpaired) electrons. The van der Waals surface area contributed by atoms with E-state index in [0.717, 1.165) is 5.56 Å². The predicted molar refractivity (Wildman–Crippen MR) is 109 cm³/mol. The average Bonchev–Trinajstić information content (AvgIpc) is 2.67. The molecule has 1 aromatic heterocycles. The molecule has 28 heavy (non-hydrogen) atoms. The number of aliphatic imine (C=N–C) groups is 1. The van der Waals surface area contributed by atoms with Gasteiger partial charge in [-0.25, -0.2) is 13.8 Å². The van der Waals surface area contributed by atoms with Gasteiger partial charge in [-0.1, -0.05) is 12.1 Å². The number of hydrogen-bond donors (Lipinski definition) is 3. The Kier molecular flexibility index (Phi) is 5.96. The molecule has 2 aromatic carbocycles. The quantitative estimate of drug-likeness (QED) is 0.441. The second-order valence-electron chi connectivity index (χ2n) is 5.99. The highest BCUT2D eigenvalue weighted by Crippen LogP contribution is 2.26. The first-order chi connectivity index (χ1) is 13.5. The van der Waals surface area contributed by atoms with E-state index in [1.165, 1.54) is 24.4 Å². The van der Waals surface area contributed by atoms with Crippen LogP contribution in [0.3, 0.4) is 0 Å². The minimum Gasteiger partial charge on any atom is -0.405 e. The Hall–Kier alpha value is -3.74. The van der Waals surface area contributed by atoms with Gasteiger partial charge in [-0.15, -0.1) is 0 Å². The standard InChI is InChI=1S/C21H19F2N5/c22-15-5-3-14(4-6-15)12-21(25)27-16-7-8-18(17(23)13-16)28-20-2-1-11-26-19(20)9-10-24/h1-11,13,28H,12,24H2,(H2,25,27). The summed E-state index contributed by atoms with van der Waals surface area (Å²) in [6.07, 6.45) is 4.95. The van der Waals surface area contributed by atoms with Crippen LogP contribution >= 0.6 is 0 Å². The van der Waals surface area contributed by atoms with Crippen molar-refractivity contribution in [2.75, 3.05) is 5.32 Å². The van der Waals surface area contributed by atoms with Gasteiger partial charge in [0.1, 0.15) is 17.5 Å². The summed E-state index contributed by atoms with van der Waals surface area (Å²) in [7, 11) is 0. The molecule has 5 N–H and O–H groups in total. The van der Waals surface area contributed by atoms with Crippen molar-refractivity contribution in [3.63, 3.8) is 0 Å². The Balaban J connectivity index is 1.76. The Morgan fingerprint density at radius 3 is 2.57 bits per heavy atom. The maximum Gasteiger partial charge on any atom is 0.148 e. The molecule has 0 aliphatic carbocycles. The second kappa shape index (κ2) is 8.77. The van der Waals surface area contributed by atoms with Crippen molar-refractivity contribution < 1.29 is 8.78 Å². The molecule has 7 heteroatoms. The number of aromatic nitrogens is 1. The average molecular weight is 379 g/mol. The number of amidine groups is 1. The van der Waals surface area contributed by atoms with Crippen molar-refractivity contribution in [1.29, 1.82) is 0 Å². The molecule has 0 aliphatic rings. The summed E-state index contributed by atoms with van der Waals surface area (Å²) >= 11 is 0. The number of benzene rings is 2. The van der Waals surface area contributed by atoms with Crippen LogP contribution in [-0.4, -0.2) is 10.8 Å². The highest BCUT2D eigenvalue weighted by atomic mass is 19.1. The monoisotopic (exact) mass is 379 g/mol. The van der Waals surface area contributed by atoms with E-state index in [1.807, 2.05) is 0 Å². The van der Waals surface area contributed by atoms with Crippen molar-refractivity contribution in [3.8, 4) is 0 Å². The van der Waals surface area contributed by atoms with Crippen LogP contribution in [0.4, 0.5) is 25.8 Å². The summed E-state index contributed by atoms with van der Waals surface area (Å²) in [5.41, 5.74) is 14.0. The van der Waals surface area contributed by atoms with Gasteiger partial charge in [0.15, 0.2) is 0 Å². The molecule has 5 nitrogen and oxygen atoms in total. The molecule has 1 heterocycles. The number of rotatable bonds is 6. The molecule has 0 unspecified atom stereocenters. The molecule has 3 aromatic rings.